The first-order chi connectivity index (χ1) is 6.70. The van der Waals surface area contributed by atoms with E-state index < -0.39 is 0 Å². The molecule has 0 aromatic heterocycles. The van der Waals surface area contributed by atoms with Crippen molar-refractivity contribution in [1.82, 2.24) is 0 Å². The first-order valence-corrected chi connectivity index (χ1v) is 5.00. The van der Waals surface area contributed by atoms with Crippen molar-refractivity contribution in [1.29, 1.82) is 0 Å². The Morgan fingerprint density at radius 1 is 1.21 bits per heavy atom. The first kappa shape index (κ1) is 11.1. The third kappa shape index (κ3) is 2.26. The van der Waals surface area contributed by atoms with Gasteiger partial charge in [-0.15, -0.1) is 0 Å². The minimum atomic E-state index is 0.240. The van der Waals surface area contributed by atoms with Crippen molar-refractivity contribution in [3.63, 3.8) is 0 Å². The van der Waals surface area contributed by atoms with E-state index in [0.29, 0.717) is 5.92 Å². The molecule has 0 bridgehead atoms. The molecule has 0 saturated carbocycles. The number of hydrogen-bond acceptors (Lipinski definition) is 2. The Bertz CT molecular complexity index is 285. The van der Waals surface area contributed by atoms with Gasteiger partial charge in [0.15, 0.2) is 0 Å². The second-order valence-electron chi connectivity index (χ2n) is 3.57. The first-order valence-electron chi connectivity index (χ1n) is 5.00. The largest absolute Gasteiger partial charge is 0.388 e. The molecule has 0 aliphatic rings. The zero-order valence-corrected chi connectivity index (χ0v) is 9.37. The van der Waals surface area contributed by atoms with Crippen LogP contribution in [0.4, 0.5) is 5.69 Å². The predicted molar refractivity (Wildman–Crippen MR) is 60.9 cm³/mol. The van der Waals surface area contributed by atoms with E-state index in [-0.39, 0.29) is 6.10 Å². The lowest BCUT2D eigenvalue weighted by Gasteiger charge is -2.21. The number of methoxy groups -OCH3 is 1. The fourth-order valence-electron chi connectivity index (χ4n) is 1.58. The third-order valence-electron chi connectivity index (χ3n) is 2.80. The molecule has 0 radical (unpaired) electrons. The number of ether oxygens (including phenoxy) is 1. The highest BCUT2D eigenvalue weighted by Gasteiger charge is 2.15. The summed E-state index contributed by atoms with van der Waals surface area (Å²) in [5.74, 6) is 0.406. The van der Waals surface area contributed by atoms with Gasteiger partial charge in [-0.1, -0.05) is 25.1 Å². The molecule has 0 saturated heterocycles. The van der Waals surface area contributed by atoms with Crippen LogP contribution in [0.25, 0.3) is 0 Å². The Balaban J connectivity index is 2.93. The highest BCUT2D eigenvalue weighted by molar-refractivity contribution is 5.52. The Labute approximate surface area is 86.3 Å². The van der Waals surface area contributed by atoms with E-state index in [1.54, 1.807) is 7.11 Å². The molecule has 1 aromatic rings. The molecule has 0 amide bonds. The molecule has 0 aliphatic carbocycles. The summed E-state index contributed by atoms with van der Waals surface area (Å²) in [6, 6.07) is 8.34. The molecule has 1 rings (SSSR count). The van der Waals surface area contributed by atoms with Crippen LogP contribution in [0.5, 0.6) is 0 Å². The van der Waals surface area contributed by atoms with Crippen LogP contribution in [-0.4, -0.2) is 20.3 Å². The summed E-state index contributed by atoms with van der Waals surface area (Å²) >= 11 is 0. The van der Waals surface area contributed by atoms with Crippen molar-refractivity contribution >= 4 is 5.69 Å². The van der Waals surface area contributed by atoms with Crippen LogP contribution in [0, 0.1) is 0 Å². The van der Waals surface area contributed by atoms with Crippen LogP contribution in [0.1, 0.15) is 25.3 Å². The molecule has 1 aromatic carbocycles. The molecule has 0 unspecified atom stereocenters. The Morgan fingerprint density at radius 2 is 1.86 bits per heavy atom. The van der Waals surface area contributed by atoms with Gasteiger partial charge in [0.05, 0.1) is 6.10 Å². The summed E-state index contributed by atoms with van der Waals surface area (Å²) in [7, 11) is 3.70. The van der Waals surface area contributed by atoms with E-state index in [1.165, 1.54) is 11.3 Å². The van der Waals surface area contributed by atoms with Crippen LogP contribution in [0.3, 0.4) is 0 Å². The van der Waals surface area contributed by atoms with Gasteiger partial charge in [-0.3, -0.25) is 0 Å². The lowest BCUT2D eigenvalue weighted by Crippen LogP contribution is -2.15. The molecule has 0 spiro atoms. The van der Waals surface area contributed by atoms with Crippen molar-refractivity contribution in [2.24, 2.45) is 0 Å². The normalized spacial score (nSPS) is 14.9. The van der Waals surface area contributed by atoms with E-state index in [0.717, 1.165) is 0 Å². The summed E-state index contributed by atoms with van der Waals surface area (Å²) in [5, 5.41) is 3.20. The lowest BCUT2D eigenvalue weighted by molar-refractivity contribution is 0.0992. The van der Waals surface area contributed by atoms with Gasteiger partial charge in [0, 0.05) is 25.8 Å². The van der Waals surface area contributed by atoms with Gasteiger partial charge in [-0.25, -0.2) is 0 Å². The van der Waals surface area contributed by atoms with E-state index >= 15 is 0 Å². The second kappa shape index (κ2) is 5.01. The fraction of sp³-hybridized carbons (Fsp3) is 0.500. The number of para-hydroxylation sites is 1. The Morgan fingerprint density at radius 3 is 2.43 bits per heavy atom. The van der Waals surface area contributed by atoms with E-state index in [1.807, 2.05) is 13.1 Å². The second-order valence-corrected chi connectivity index (χ2v) is 3.57. The van der Waals surface area contributed by atoms with E-state index in [4.69, 9.17) is 4.74 Å². The molecule has 0 fully saturated rings. The highest BCUT2D eigenvalue weighted by Crippen LogP contribution is 2.27. The van der Waals surface area contributed by atoms with Crippen LogP contribution in [0.2, 0.25) is 0 Å². The van der Waals surface area contributed by atoms with Gasteiger partial charge in [-0.2, -0.15) is 0 Å². The molecule has 0 aliphatic heterocycles. The van der Waals surface area contributed by atoms with Crippen molar-refractivity contribution < 1.29 is 4.74 Å². The number of nitrogens with one attached hydrogen (secondary N) is 1. The number of hydrogen-bond donors (Lipinski definition) is 1. The molecule has 0 heterocycles. The average Bonchev–Trinajstić information content (AvgIpc) is 2.26. The topological polar surface area (TPSA) is 21.3 Å². The van der Waals surface area contributed by atoms with E-state index in [2.05, 4.69) is 37.4 Å². The minimum Gasteiger partial charge on any atom is -0.388 e. The summed E-state index contributed by atoms with van der Waals surface area (Å²) in [6.45, 7) is 4.28. The van der Waals surface area contributed by atoms with E-state index in [9.17, 15) is 0 Å². The highest BCUT2D eigenvalue weighted by atomic mass is 16.5. The molecule has 2 atom stereocenters. The minimum absolute atomic E-state index is 0.240. The maximum atomic E-state index is 5.34. The Hall–Kier alpha value is -1.02. The fourth-order valence-corrected chi connectivity index (χ4v) is 1.58. The summed E-state index contributed by atoms with van der Waals surface area (Å²) < 4.78 is 5.34. The lowest BCUT2D eigenvalue weighted by atomic mass is 9.94. The maximum Gasteiger partial charge on any atom is 0.0609 e. The summed E-state index contributed by atoms with van der Waals surface area (Å²) in [4.78, 5) is 0. The van der Waals surface area contributed by atoms with Crippen molar-refractivity contribution in [3.05, 3.63) is 29.8 Å². The van der Waals surface area contributed by atoms with Crippen molar-refractivity contribution in [2.45, 2.75) is 25.9 Å². The van der Waals surface area contributed by atoms with Gasteiger partial charge in [0.2, 0.25) is 0 Å². The van der Waals surface area contributed by atoms with Gasteiger partial charge in [-0.05, 0) is 18.6 Å². The van der Waals surface area contributed by atoms with Gasteiger partial charge in [0.25, 0.3) is 0 Å². The van der Waals surface area contributed by atoms with Gasteiger partial charge < -0.3 is 10.1 Å². The van der Waals surface area contributed by atoms with Crippen molar-refractivity contribution in [2.75, 3.05) is 19.5 Å². The molecular weight excluding hydrogens is 174 g/mol. The third-order valence-corrected chi connectivity index (χ3v) is 2.80. The van der Waals surface area contributed by atoms with Gasteiger partial charge in [0.1, 0.15) is 0 Å². The predicted octanol–water partition coefficient (Wildman–Crippen LogP) is 2.87. The van der Waals surface area contributed by atoms with Crippen LogP contribution < -0.4 is 5.32 Å². The molecule has 78 valence electrons. The number of benzene rings is 1. The van der Waals surface area contributed by atoms with Gasteiger partial charge >= 0.3 is 0 Å². The van der Waals surface area contributed by atoms with Crippen molar-refractivity contribution in [3.8, 4) is 0 Å². The van der Waals surface area contributed by atoms with Crippen LogP contribution >= 0.6 is 0 Å². The van der Waals surface area contributed by atoms with Crippen LogP contribution in [-0.2, 0) is 4.74 Å². The molecular formula is C12H19NO. The maximum absolute atomic E-state index is 5.34. The molecule has 2 nitrogen and oxygen atoms in total. The average molecular weight is 193 g/mol. The molecule has 2 heteroatoms. The summed E-state index contributed by atoms with van der Waals surface area (Å²) in [5.41, 5.74) is 2.49. The monoisotopic (exact) mass is 193 g/mol. The quantitative estimate of drug-likeness (QED) is 0.794. The Kier molecular flexibility index (Phi) is 3.96. The smallest absolute Gasteiger partial charge is 0.0609 e. The number of anilines is 1. The molecule has 14 heavy (non-hydrogen) atoms. The zero-order valence-electron chi connectivity index (χ0n) is 9.37. The summed E-state index contributed by atoms with van der Waals surface area (Å²) in [6.07, 6.45) is 0.240. The SMILES string of the molecule is CNc1ccccc1[C@@H](C)[C@@H](C)OC. The van der Waals surface area contributed by atoms with Crippen LogP contribution in [0.15, 0.2) is 24.3 Å². The number of rotatable bonds is 4. The standard InChI is InChI=1S/C12H19NO/c1-9(10(2)14-4)11-7-5-6-8-12(11)13-3/h5-10,13H,1-4H3/t9-,10+/m0/s1. The zero-order chi connectivity index (χ0) is 10.6. The molecule has 1 N–H and O–H groups in total.